The number of amides is 1. The van der Waals surface area contributed by atoms with Gasteiger partial charge < -0.3 is 15.2 Å². The molecule has 270 valence electrons. The Bertz CT molecular complexity index is 1480. The van der Waals surface area contributed by atoms with Crippen LogP contribution in [-0.2, 0) is 27.2 Å². The molecule has 7 nitrogen and oxygen atoms in total. The molecule has 1 fully saturated rings. The van der Waals surface area contributed by atoms with Gasteiger partial charge >= 0.3 is 5.97 Å². The van der Waals surface area contributed by atoms with Crippen LogP contribution in [0, 0.1) is 5.92 Å². The molecule has 1 saturated heterocycles. The molecule has 7 heteroatoms. The van der Waals surface area contributed by atoms with Crippen molar-refractivity contribution in [2.24, 2.45) is 5.92 Å². The zero-order chi connectivity index (χ0) is 35.9. The Hall–Kier alpha value is -3.81. The molecule has 2 unspecified atom stereocenters. The second-order valence-corrected chi connectivity index (χ2v) is 14.6. The number of carbonyl (C=O) groups excluding carboxylic acids is 3. The van der Waals surface area contributed by atoms with Crippen molar-refractivity contribution < 1.29 is 24.2 Å². The highest BCUT2D eigenvalue weighted by atomic mass is 16.5. The molecule has 0 radical (unpaired) electrons. The van der Waals surface area contributed by atoms with Crippen LogP contribution in [0.2, 0.25) is 0 Å². The van der Waals surface area contributed by atoms with E-state index in [0.717, 1.165) is 86.0 Å². The predicted molar refractivity (Wildman–Crippen MR) is 201 cm³/mol. The number of aliphatic hydroxyl groups excluding tert-OH is 1. The maximum Gasteiger partial charge on any atom is 0.311 e. The highest BCUT2D eigenvalue weighted by Gasteiger charge is 2.24. The number of anilines is 1. The average molecular weight is 683 g/mol. The van der Waals surface area contributed by atoms with Crippen LogP contribution in [0.25, 0.3) is 0 Å². The quantitative estimate of drug-likeness (QED) is 0.0602. The van der Waals surface area contributed by atoms with Crippen LogP contribution in [0.4, 0.5) is 5.69 Å². The number of esters is 1. The highest BCUT2D eigenvalue weighted by Crippen LogP contribution is 2.32. The van der Waals surface area contributed by atoms with Crippen LogP contribution in [0.3, 0.4) is 0 Å². The maximum atomic E-state index is 13.7. The molecule has 0 aliphatic carbocycles. The molecule has 2 N–H and O–H groups in total. The van der Waals surface area contributed by atoms with Crippen molar-refractivity contribution in [1.29, 1.82) is 0 Å². The first-order valence-corrected chi connectivity index (χ1v) is 18.8. The molecule has 0 aromatic heterocycles. The van der Waals surface area contributed by atoms with E-state index in [1.165, 1.54) is 6.42 Å². The Morgan fingerprint density at radius 1 is 0.780 bits per heavy atom. The van der Waals surface area contributed by atoms with E-state index < -0.39 is 0 Å². The van der Waals surface area contributed by atoms with Gasteiger partial charge in [0.15, 0.2) is 0 Å². The van der Waals surface area contributed by atoms with Crippen molar-refractivity contribution >= 4 is 23.3 Å². The minimum absolute atomic E-state index is 0.0995. The summed E-state index contributed by atoms with van der Waals surface area (Å²) in [5.74, 6) is -0.0720. The van der Waals surface area contributed by atoms with Crippen molar-refractivity contribution in [3.63, 3.8) is 0 Å². The lowest BCUT2D eigenvalue weighted by Crippen LogP contribution is -2.35. The summed E-state index contributed by atoms with van der Waals surface area (Å²) in [6, 6.07) is 23.4. The smallest absolute Gasteiger partial charge is 0.311 e. The third-order valence-electron chi connectivity index (χ3n) is 9.79. The Morgan fingerprint density at radius 2 is 1.42 bits per heavy atom. The van der Waals surface area contributed by atoms with Gasteiger partial charge in [-0.3, -0.25) is 19.3 Å². The van der Waals surface area contributed by atoms with Gasteiger partial charge in [0.1, 0.15) is 17.8 Å². The fourth-order valence-corrected chi connectivity index (χ4v) is 6.89. The number of para-hydroxylation sites is 1. The topological polar surface area (TPSA) is 95.9 Å². The molecule has 3 aromatic carbocycles. The molecule has 1 aliphatic rings. The summed E-state index contributed by atoms with van der Waals surface area (Å²) in [6.07, 6.45) is 8.97. The molecule has 1 heterocycles. The number of rotatable bonds is 18. The minimum Gasteiger partial charge on any atom is -0.427 e. The molecule has 0 bridgehead atoms. The molecule has 0 saturated carbocycles. The first kappa shape index (κ1) is 39.0. The van der Waals surface area contributed by atoms with Gasteiger partial charge in [-0.15, -0.1) is 0 Å². The van der Waals surface area contributed by atoms with E-state index in [-0.39, 0.29) is 48.1 Å². The van der Waals surface area contributed by atoms with E-state index in [1.807, 2.05) is 60.7 Å². The fourth-order valence-electron chi connectivity index (χ4n) is 6.89. The van der Waals surface area contributed by atoms with E-state index in [1.54, 1.807) is 12.1 Å². The number of unbranched alkanes of at least 4 members (excludes halogenated alkanes) is 3. The summed E-state index contributed by atoms with van der Waals surface area (Å²) in [7, 11) is 0. The first-order valence-electron chi connectivity index (χ1n) is 18.8. The van der Waals surface area contributed by atoms with Gasteiger partial charge in [-0.2, -0.15) is 0 Å². The van der Waals surface area contributed by atoms with Crippen molar-refractivity contribution in [3.8, 4) is 5.75 Å². The molecule has 0 spiro atoms. The molecular formula is C43H58N2O5. The van der Waals surface area contributed by atoms with Crippen LogP contribution in [-0.4, -0.2) is 47.0 Å². The lowest BCUT2D eigenvalue weighted by molar-refractivity contribution is -0.134. The standard InChI is InChI=1S/C43H58N2O5/c1-31(2)37-18-15-19-38(32(3)4)43(37)44-40(47)30-39(46)35(28-33-16-9-7-10-17-33)29-34-22-24-36(25-23-34)50-42(49)21-12-5-6-13-26-45-27-14-8-11-20-41(45)48/h7,9-10,15-19,22-25,31-32,35,41,48H,5-6,8,11-14,20-21,26-30H2,1-4H3,(H,44,47). The summed E-state index contributed by atoms with van der Waals surface area (Å²) < 4.78 is 5.61. The SMILES string of the molecule is CC(C)c1cccc(C(C)C)c1NC(=O)CC(=O)C(Cc1ccccc1)Cc1ccc(OC(=O)CCCCCCN2CCCCCC2O)cc1. The van der Waals surface area contributed by atoms with E-state index in [0.29, 0.717) is 25.0 Å². The number of hydrogen-bond acceptors (Lipinski definition) is 6. The number of nitrogens with zero attached hydrogens (tertiary/aromatic N) is 1. The Balaban J connectivity index is 1.29. The van der Waals surface area contributed by atoms with Gasteiger partial charge in [-0.25, -0.2) is 0 Å². The Morgan fingerprint density at radius 3 is 2.08 bits per heavy atom. The zero-order valence-electron chi connectivity index (χ0n) is 30.7. The van der Waals surface area contributed by atoms with Crippen molar-refractivity contribution in [1.82, 2.24) is 4.90 Å². The van der Waals surface area contributed by atoms with Gasteiger partial charge in [0.05, 0.1) is 6.42 Å². The number of benzene rings is 3. The number of ketones is 1. The van der Waals surface area contributed by atoms with E-state index >= 15 is 0 Å². The minimum atomic E-state index is -0.385. The second kappa shape index (κ2) is 20.1. The third kappa shape index (κ3) is 12.5. The Labute approximate surface area is 299 Å². The predicted octanol–water partition coefficient (Wildman–Crippen LogP) is 8.98. The summed E-state index contributed by atoms with van der Waals surface area (Å²) in [4.78, 5) is 41.8. The third-order valence-corrected chi connectivity index (χ3v) is 9.79. The van der Waals surface area contributed by atoms with Crippen LogP contribution in [0.15, 0.2) is 72.8 Å². The van der Waals surface area contributed by atoms with Crippen LogP contribution in [0.5, 0.6) is 5.75 Å². The molecular weight excluding hydrogens is 624 g/mol. The Kier molecular flexibility index (Phi) is 15.7. The number of aliphatic hydroxyl groups is 1. The van der Waals surface area contributed by atoms with E-state index in [4.69, 9.17) is 4.74 Å². The fraction of sp³-hybridized carbons (Fsp3) is 0.512. The number of carbonyl (C=O) groups is 3. The van der Waals surface area contributed by atoms with Crippen molar-refractivity contribution in [2.75, 3.05) is 18.4 Å². The van der Waals surface area contributed by atoms with E-state index in [2.05, 4.69) is 37.9 Å². The maximum absolute atomic E-state index is 13.7. The van der Waals surface area contributed by atoms with Gasteiger partial charge in [0, 0.05) is 31.1 Å². The molecule has 4 rings (SSSR count). The number of Topliss-reactive ketones (excluding diaryl/α,β-unsaturated/α-hetero) is 1. The number of nitrogens with one attached hydrogen (secondary N) is 1. The van der Waals surface area contributed by atoms with Gasteiger partial charge in [-0.05, 0) is 91.2 Å². The van der Waals surface area contributed by atoms with Crippen molar-refractivity contribution in [3.05, 3.63) is 95.1 Å². The molecule has 3 aromatic rings. The summed E-state index contributed by atoms with van der Waals surface area (Å²) in [6.45, 7) is 10.3. The second-order valence-electron chi connectivity index (χ2n) is 14.6. The largest absolute Gasteiger partial charge is 0.427 e. The van der Waals surface area contributed by atoms with Gasteiger partial charge in [0.25, 0.3) is 0 Å². The summed E-state index contributed by atoms with van der Waals surface area (Å²) >= 11 is 0. The first-order chi connectivity index (χ1) is 24.1. The van der Waals surface area contributed by atoms with E-state index in [9.17, 15) is 19.5 Å². The normalized spacial score (nSPS) is 15.9. The number of ether oxygens (including phenoxy) is 1. The zero-order valence-corrected chi connectivity index (χ0v) is 30.7. The van der Waals surface area contributed by atoms with Crippen LogP contribution >= 0.6 is 0 Å². The summed E-state index contributed by atoms with van der Waals surface area (Å²) in [5.41, 5.74) is 4.95. The highest BCUT2D eigenvalue weighted by molar-refractivity contribution is 6.05. The van der Waals surface area contributed by atoms with Crippen LogP contribution in [0.1, 0.15) is 126 Å². The number of likely N-dealkylation sites (tertiary alicyclic amines) is 1. The van der Waals surface area contributed by atoms with Crippen molar-refractivity contribution in [2.45, 2.75) is 123 Å². The molecule has 2 atom stereocenters. The van der Waals surface area contributed by atoms with Gasteiger partial charge in [0.2, 0.25) is 5.91 Å². The molecule has 50 heavy (non-hydrogen) atoms. The average Bonchev–Trinajstić information content (AvgIpc) is 3.30. The lowest BCUT2D eigenvalue weighted by atomic mass is 9.87. The monoisotopic (exact) mass is 682 g/mol. The van der Waals surface area contributed by atoms with Crippen LogP contribution < -0.4 is 10.1 Å². The lowest BCUT2D eigenvalue weighted by Gasteiger charge is -2.25. The molecule has 1 amide bonds. The van der Waals surface area contributed by atoms with Gasteiger partial charge in [-0.1, -0.05) is 108 Å². The number of hydrogen-bond donors (Lipinski definition) is 2. The molecule has 1 aliphatic heterocycles. The summed E-state index contributed by atoms with van der Waals surface area (Å²) in [5, 5.41) is 13.4.